The van der Waals surface area contributed by atoms with Crippen LogP contribution in [0.25, 0.3) is 16.9 Å². The minimum atomic E-state index is 0.0543. The van der Waals surface area contributed by atoms with Crippen molar-refractivity contribution < 1.29 is 9.53 Å². The summed E-state index contributed by atoms with van der Waals surface area (Å²) in [6.07, 6.45) is 3.68. The minimum Gasteiger partial charge on any atom is -0.378 e. The van der Waals surface area contributed by atoms with Crippen LogP contribution in [0, 0.1) is 3.57 Å². The number of nitrogens with zero attached hydrogens (tertiary/aromatic N) is 4. The number of aromatic nitrogens is 3. The highest BCUT2D eigenvalue weighted by atomic mass is 127. The molecule has 1 aliphatic heterocycles. The highest BCUT2D eigenvalue weighted by Gasteiger charge is 2.18. The summed E-state index contributed by atoms with van der Waals surface area (Å²) in [5.41, 5.74) is 3.38. The van der Waals surface area contributed by atoms with Crippen molar-refractivity contribution in [2.45, 2.75) is 0 Å². The van der Waals surface area contributed by atoms with Gasteiger partial charge in [-0.3, -0.25) is 4.79 Å². The Morgan fingerprint density at radius 1 is 1.12 bits per heavy atom. The van der Waals surface area contributed by atoms with Crippen molar-refractivity contribution in [2.75, 3.05) is 26.3 Å². The van der Waals surface area contributed by atoms with Gasteiger partial charge in [-0.1, -0.05) is 12.1 Å². The molecule has 1 amide bonds. The third kappa shape index (κ3) is 2.89. The van der Waals surface area contributed by atoms with E-state index in [1.807, 2.05) is 41.4 Å². The van der Waals surface area contributed by atoms with Gasteiger partial charge in [0.25, 0.3) is 5.91 Å². The van der Waals surface area contributed by atoms with Crippen LogP contribution in [0.3, 0.4) is 0 Å². The molecule has 0 saturated carbocycles. The molecular formula is C17H15IN4O2. The first kappa shape index (κ1) is 15.5. The third-order valence-electron chi connectivity index (χ3n) is 4.05. The number of carbonyl (C=O) groups excluding carboxylic acids is 1. The summed E-state index contributed by atoms with van der Waals surface area (Å²) in [6, 6.07) is 9.53. The van der Waals surface area contributed by atoms with Gasteiger partial charge in [0.05, 0.1) is 28.7 Å². The van der Waals surface area contributed by atoms with Gasteiger partial charge >= 0.3 is 0 Å². The van der Waals surface area contributed by atoms with Gasteiger partial charge in [-0.15, -0.1) is 0 Å². The number of carbonyl (C=O) groups is 1. The van der Waals surface area contributed by atoms with E-state index in [-0.39, 0.29) is 5.91 Å². The van der Waals surface area contributed by atoms with Gasteiger partial charge in [-0.25, -0.2) is 9.50 Å². The fourth-order valence-corrected chi connectivity index (χ4v) is 3.23. The van der Waals surface area contributed by atoms with Crippen LogP contribution in [0.2, 0.25) is 0 Å². The van der Waals surface area contributed by atoms with Gasteiger partial charge in [0.2, 0.25) is 0 Å². The standard InChI is InChI=1S/C17H15IN4O2/c18-14-11-19-22-6-5-15(20-16(14)22)12-1-3-13(4-2-12)17(23)21-7-9-24-10-8-21/h1-6,11H,7-10H2. The van der Waals surface area contributed by atoms with Crippen molar-refractivity contribution in [2.24, 2.45) is 0 Å². The third-order valence-corrected chi connectivity index (χ3v) is 4.81. The molecule has 0 atom stereocenters. The predicted molar refractivity (Wildman–Crippen MR) is 97.9 cm³/mol. The lowest BCUT2D eigenvalue weighted by Gasteiger charge is -2.26. The lowest BCUT2D eigenvalue weighted by Crippen LogP contribution is -2.40. The predicted octanol–water partition coefficient (Wildman–Crippen LogP) is 2.47. The number of benzene rings is 1. The molecule has 0 radical (unpaired) electrons. The molecule has 1 saturated heterocycles. The first-order valence-corrected chi connectivity index (χ1v) is 8.77. The van der Waals surface area contributed by atoms with Gasteiger partial charge in [0.1, 0.15) is 0 Å². The summed E-state index contributed by atoms with van der Waals surface area (Å²) in [5.74, 6) is 0.0543. The van der Waals surface area contributed by atoms with E-state index in [1.54, 1.807) is 10.7 Å². The second kappa shape index (κ2) is 6.48. The minimum absolute atomic E-state index is 0.0543. The molecule has 3 aromatic rings. The van der Waals surface area contributed by atoms with Crippen LogP contribution in [-0.4, -0.2) is 51.7 Å². The summed E-state index contributed by atoms with van der Waals surface area (Å²) < 4.78 is 8.05. The first-order chi connectivity index (χ1) is 11.7. The lowest BCUT2D eigenvalue weighted by molar-refractivity contribution is 0.0303. The Morgan fingerprint density at radius 2 is 1.88 bits per heavy atom. The molecule has 1 aromatic carbocycles. The Hall–Kier alpha value is -2.00. The maximum Gasteiger partial charge on any atom is 0.254 e. The Morgan fingerprint density at radius 3 is 2.62 bits per heavy atom. The van der Waals surface area contributed by atoms with E-state index in [4.69, 9.17) is 4.74 Å². The van der Waals surface area contributed by atoms with Gasteiger partial charge in [-0.2, -0.15) is 5.10 Å². The molecule has 0 N–H and O–H groups in total. The molecular weight excluding hydrogens is 419 g/mol. The molecule has 4 rings (SSSR count). The van der Waals surface area contributed by atoms with E-state index in [0.29, 0.717) is 31.9 Å². The molecule has 24 heavy (non-hydrogen) atoms. The zero-order chi connectivity index (χ0) is 16.5. The van der Waals surface area contributed by atoms with Gasteiger partial charge in [0, 0.05) is 30.4 Å². The van der Waals surface area contributed by atoms with Gasteiger partial charge in [0.15, 0.2) is 5.65 Å². The number of hydrogen-bond donors (Lipinski definition) is 0. The number of rotatable bonds is 2. The molecule has 2 aromatic heterocycles. The molecule has 1 aliphatic rings. The molecule has 3 heterocycles. The highest BCUT2D eigenvalue weighted by molar-refractivity contribution is 14.1. The topological polar surface area (TPSA) is 59.7 Å². The van der Waals surface area contributed by atoms with E-state index in [2.05, 4.69) is 32.7 Å². The van der Waals surface area contributed by atoms with Crippen molar-refractivity contribution in [3.63, 3.8) is 0 Å². The maximum atomic E-state index is 12.5. The van der Waals surface area contributed by atoms with Crippen LogP contribution in [-0.2, 0) is 4.74 Å². The van der Waals surface area contributed by atoms with Crippen molar-refractivity contribution in [3.05, 3.63) is 51.9 Å². The number of morpholine rings is 1. The number of halogens is 1. The largest absolute Gasteiger partial charge is 0.378 e. The molecule has 0 bridgehead atoms. The van der Waals surface area contributed by atoms with Crippen molar-refractivity contribution >= 4 is 34.1 Å². The summed E-state index contributed by atoms with van der Waals surface area (Å²) >= 11 is 2.22. The fraction of sp³-hybridized carbons (Fsp3) is 0.235. The van der Waals surface area contributed by atoms with Crippen LogP contribution in [0.15, 0.2) is 42.7 Å². The zero-order valence-corrected chi connectivity index (χ0v) is 15.0. The maximum absolute atomic E-state index is 12.5. The molecule has 1 fully saturated rings. The van der Waals surface area contributed by atoms with E-state index >= 15 is 0 Å². The first-order valence-electron chi connectivity index (χ1n) is 7.70. The number of ether oxygens (including phenoxy) is 1. The van der Waals surface area contributed by atoms with Crippen molar-refractivity contribution in [3.8, 4) is 11.3 Å². The summed E-state index contributed by atoms with van der Waals surface area (Å²) in [4.78, 5) is 19.0. The van der Waals surface area contributed by atoms with Crippen LogP contribution < -0.4 is 0 Å². The van der Waals surface area contributed by atoms with Crippen LogP contribution in [0.1, 0.15) is 10.4 Å². The summed E-state index contributed by atoms with van der Waals surface area (Å²) in [5, 5.41) is 4.23. The lowest BCUT2D eigenvalue weighted by atomic mass is 10.1. The summed E-state index contributed by atoms with van der Waals surface area (Å²) in [6.45, 7) is 2.52. The van der Waals surface area contributed by atoms with E-state index in [1.165, 1.54) is 0 Å². The number of amides is 1. The van der Waals surface area contributed by atoms with E-state index < -0.39 is 0 Å². The monoisotopic (exact) mass is 434 g/mol. The Labute approximate surface area is 152 Å². The van der Waals surface area contributed by atoms with E-state index in [0.717, 1.165) is 20.5 Å². The zero-order valence-electron chi connectivity index (χ0n) is 12.9. The highest BCUT2D eigenvalue weighted by Crippen LogP contribution is 2.21. The van der Waals surface area contributed by atoms with Crippen LogP contribution in [0.5, 0.6) is 0 Å². The normalized spacial score (nSPS) is 15.0. The SMILES string of the molecule is O=C(c1ccc(-c2ccn3ncc(I)c3n2)cc1)N1CCOCC1. The average Bonchev–Trinajstić information content (AvgIpc) is 3.02. The number of hydrogen-bond acceptors (Lipinski definition) is 4. The second-order valence-electron chi connectivity index (χ2n) is 5.56. The fourth-order valence-electron chi connectivity index (χ4n) is 2.73. The Kier molecular flexibility index (Phi) is 4.19. The van der Waals surface area contributed by atoms with Crippen LogP contribution >= 0.6 is 22.6 Å². The quantitative estimate of drug-likeness (QED) is 0.582. The Bertz CT molecular complexity index is 885. The molecule has 0 aliphatic carbocycles. The molecule has 6 nitrogen and oxygen atoms in total. The van der Waals surface area contributed by atoms with Gasteiger partial charge < -0.3 is 9.64 Å². The molecule has 0 spiro atoms. The van der Waals surface area contributed by atoms with Crippen LogP contribution in [0.4, 0.5) is 0 Å². The smallest absolute Gasteiger partial charge is 0.254 e. The van der Waals surface area contributed by atoms with Crippen molar-refractivity contribution in [1.29, 1.82) is 0 Å². The average molecular weight is 434 g/mol. The number of fused-ring (bicyclic) bond motifs is 1. The second-order valence-corrected chi connectivity index (χ2v) is 6.72. The van der Waals surface area contributed by atoms with Crippen molar-refractivity contribution in [1.82, 2.24) is 19.5 Å². The molecule has 0 unspecified atom stereocenters. The summed E-state index contributed by atoms with van der Waals surface area (Å²) in [7, 11) is 0. The molecule has 122 valence electrons. The molecule has 7 heteroatoms. The Balaban J connectivity index is 1.60. The van der Waals surface area contributed by atoms with Gasteiger partial charge in [-0.05, 0) is 40.8 Å². The van der Waals surface area contributed by atoms with E-state index in [9.17, 15) is 4.79 Å².